The Morgan fingerprint density at radius 2 is 1.76 bits per heavy atom. The van der Waals surface area contributed by atoms with Gasteiger partial charge in [0.05, 0.1) is 16.6 Å². The number of aromatic carboxylic acids is 1. The van der Waals surface area contributed by atoms with Gasteiger partial charge in [0, 0.05) is 21.0 Å². The Morgan fingerprint density at radius 1 is 1.08 bits per heavy atom. The molecule has 0 spiro atoms. The van der Waals surface area contributed by atoms with Crippen LogP contribution in [0.15, 0.2) is 58.4 Å². The molecule has 1 aromatic heterocycles. The van der Waals surface area contributed by atoms with Crippen LogP contribution in [0, 0.1) is 0 Å². The second-order valence-electron chi connectivity index (χ2n) is 5.08. The second kappa shape index (κ2) is 7.39. The number of nitrogens with one attached hydrogen (secondary N) is 1. The fourth-order valence-corrected chi connectivity index (χ4v) is 3.75. The van der Waals surface area contributed by atoms with Gasteiger partial charge in [-0.2, -0.15) is 0 Å². The number of rotatable bonds is 4. The third kappa shape index (κ3) is 3.76. The maximum atomic E-state index is 12.4. The Kier molecular flexibility index (Phi) is 5.22. The minimum absolute atomic E-state index is 0.0484. The van der Waals surface area contributed by atoms with E-state index < -0.39 is 11.9 Å². The molecule has 0 bridgehead atoms. The van der Waals surface area contributed by atoms with Crippen LogP contribution < -0.4 is 10.4 Å². The average Bonchev–Trinajstić information content (AvgIpc) is 2.99. The van der Waals surface area contributed by atoms with Crippen molar-refractivity contribution in [2.75, 3.05) is 5.32 Å². The van der Waals surface area contributed by atoms with Crippen molar-refractivity contribution in [3.05, 3.63) is 74.5 Å². The summed E-state index contributed by atoms with van der Waals surface area (Å²) in [5.74, 6) is -1.83. The third-order valence-corrected chi connectivity index (χ3v) is 5.25. The van der Waals surface area contributed by atoms with Crippen LogP contribution in [0.1, 0.15) is 20.7 Å². The van der Waals surface area contributed by atoms with Crippen LogP contribution in [0.25, 0.3) is 11.1 Å². The van der Waals surface area contributed by atoms with Gasteiger partial charge in [-0.05, 0) is 29.8 Å². The van der Waals surface area contributed by atoms with Crippen LogP contribution in [0.2, 0.25) is 5.02 Å². The van der Waals surface area contributed by atoms with Crippen molar-refractivity contribution in [3.8, 4) is 11.1 Å². The molecule has 0 fully saturated rings. The summed E-state index contributed by atoms with van der Waals surface area (Å²) >= 11 is 10.5. The molecule has 25 heavy (non-hydrogen) atoms. The number of carboxylic acids is 1. The van der Waals surface area contributed by atoms with Gasteiger partial charge in [-0.25, -0.2) is 0 Å². The fourth-order valence-electron chi connectivity index (χ4n) is 2.31. The predicted octanol–water partition coefficient (Wildman–Crippen LogP) is 4.45. The van der Waals surface area contributed by atoms with E-state index in [0.29, 0.717) is 10.6 Å². The highest BCUT2D eigenvalue weighted by Crippen LogP contribution is 2.36. The number of carbonyl (C=O) groups excluding carboxylic acids is 2. The summed E-state index contributed by atoms with van der Waals surface area (Å²) in [6.45, 7) is 0. The molecule has 0 atom stereocenters. The van der Waals surface area contributed by atoms with Gasteiger partial charge in [-0.1, -0.05) is 51.8 Å². The van der Waals surface area contributed by atoms with E-state index in [1.807, 2.05) is 12.1 Å². The molecule has 0 saturated heterocycles. The zero-order valence-corrected chi connectivity index (χ0v) is 15.7. The lowest BCUT2D eigenvalue weighted by Crippen LogP contribution is -2.24. The lowest BCUT2D eigenvalue weighted by atomic mass is 10.0. The van der Waals surface area contributed by atoms with E-state index in [-0.39, 0.29) is 16.1 Å². The zero-order valence-electron chi connectivity index (χ0n) is 12.6. The Balaban J connectivity index is 1.98. The van der Waals surface area contributed by atoms with E-state index in [0.717, 1.165) is 21.4 Å². The molecule has 1 heterocycles. The molecular formula is C18H10BrClNO3S-. The maximum absolute atomic E-state index is 12.4. The number of carbonyl (C=O) groups is 2. The van der Waals surface area contributed by atoms with Crippen molar-refractivity contribution in [2.24, 2.45) is 0 Å². The summed E-state index contributed by atoms with van der Waals surface area (Å²) < 4.78 is 0.883. The first-order valence-corrected chi connectivity index (χ1v) is 9.17. The molecule has 0 saturated carbocycles. The standard InChI is InChI=1S/C18H11BrClNO3S/c19-11-7-5-10(6-8-11)13-9-25-17(15(13)18(23)24)21-16(22)12-3-1-2-4-14(12)20/h1-9H,(H,21,22)(H,23,24)/p-1. The van der Waals surface area contributed by atoms with Gasteiger partial charge < -0.3 is 15.2 Å². The molecule has 1 amide bonds. The van der Waals surface area contributed by atoms with Crippen LogP contribution >= 0.6 is 38.9 Å². The Hall–Kier alpha value is -2.15. The fraction of sp³-hybridized carbons (Fsp3) is 0. The highest BCUT2D eigenvalue weighted by atomic mass is 79.9. The minimum atomic E-state index is -1.35. The molecule has 126 valence electrons. The van der Waals surface area contributed by atoms with Gasteiger partial charge in [-0.3, -0.25) is 4.79 Å². The van der Waals surface area contributed by atoms with E-state index in [9.17, 15) is 14.7 Å². The van der Waals surface area contributed by atoms with Crippen molar-refractivity contribution in [3.63, 3.8) is 0 Å². The van der Waals surface area contributed by atoms with E-state index in [1.165, 1.54) is 0 Å². The molecule has 0 aliphatic carbocycles. The highest BCUT2D eigenvalue weighted by Gasteiger charge is 2.18. The lowest BCUT2D eigenvalue weighted by molar-refractivity contribution is -0.254. The van der Waals surface area contributed by atoms with E-state index in [2.05, 4.69) is 21.2 Å². The number of thiophene rings is 1. The molecule has 3 rings (SSSR count). The van der Waals surface area contributed by atoms with Crippen molar-refractivity contribution in [1.82, 2.24) is 0 Å². The molecule has 7 heteroatoms. The van der Waals surface area contributed by atoms with Crippen molar-refractivity contribution in [1.29, 1.82) is 0 Å². The molecule has 2 aromatic carbocycles. The summed E-state index contributed by atoms with van der Waals surface area (Å²) in [5, 5.41) is 16.4. The number of carboxylic acid groups (broad SMARTS) is 1. The summed E-state index contributed by atoms with van der Waals surface area (Å²) in [6, 6.07) is 13.8. The Labute approximate surface area is 161 Å². The number of amides is 1. The van der Waals surface area contributed by atoms with E-state index in [1.54, 1.807) is 41.8 Å². The van der Waals surface area contributed by atoms with E-state index in [4.69, 9.17) is 11.6 Å². The quantitative estimate of drug-likeness (QED) is 0.658. The molecule has 3 aromatic rings. The van der Waals surface area contributed by atoms with Crippen LogP contribution in [0.4, 0.5) is 5.00 Å². The molecule has 4 nitrogen and oxygen atoms in total. The first kappa shape index (κ1) is 17.7. The Bertz CT molecular complexity index is 953. The first-order chi connectivity index (χ1) is 12.0. The van der Waals surface area contributed by atoms with E-state index >= 15 is 0 Å². The van der Waals surface area contributed by atoms with Gasteiger partial charge in [0.2, 0.25) is 0 Å². The van der Waals surface area contributed by atoms with Gasteiger partial charge in [0.1, 0.15) is 5.00 Å². The second-order valence-corrected chi connectivity index (χ2v) is 7.28. The molecular weight excluding hydrogens is 426 g/mol. The predicted molar refractivity (Wildman–Crippen MR) is 101 cm³/mol. The van der Waals surface area contributed by atoms with Crippen LogP contribution in [-0.4, -0.2) is 11.9 Å². The molecule has 0 aliphatic rings. The lowest BCUT2D eigenvalue weighted by Gasteiger charge is -2.10. The van der Waals surface area contributed by atoms with Crippen molar-refractivity contribution in [2.45, 2.75) is 0 Å². The van der Waals surface area contributed by atoms with Gasteiger partial charge >= 0.3 is 0 Å². The molecule has 0 aliphatic heterocycles. The highest BCUT2D eigenvalue weighted by molar-refractivity contribution is 9.10. The number of hydrogen-bond donors (Lipinski definition) is 1. The molecule has 1 N–H and O–H groups in total. The smallest absolute Gasteiger partial charge is 0.257 e. The number of benzene rings is 2. The number of halogens is 2. The van der Waals surface area contributed by atoms with Crippen LogP contribution in [-0.2, 0) is 0 Å². The molecule has 0 unspecified atom stereocenters. The maximum Gasteiger partial charge on any atom is 0.257 e. The summed E-state index contributed by atoms with van der Waals surface area (Å²) in [5.41, 5.74) is 1.43. The zero-order chi connectivity index (χ0) is 18.0. The third-order valence-electron chi connectivity index (χ3n) is 3.50. The van der Waals surface area contributed by atoms with Crippen LogP contribution in [0.3, 0.4) is 0 Å². The van der Waals surface area contributed by atoms with Crippen LogP contribution in [0.5, 0.6) is 0 Å². The summed E-state index contributed by atoms with van der Waals surface area (Å²) in [7, 11) is 0. The van der Waals surface area contributed by atoms with Gasteiger partial charge in [0.15, 0.2) is 0 Å². The summed E-state index contributed by atoms with van der Waals surface area (Å²) in [6.07, 6.45) is 0. The molecule has 0 radical (unpaired) electrons. The monoisotopic (exact) mass is 434 g/mol. The van der Waals surface area contributed by atoms with Crippen molar-refractivity contribution >= 4 is 55.7 Å². The largest absolute Gasteiger partial charge is 0.545 e. The Morgan fingerprint density at radius 3 is 2.40 bits per heavy atom. The van der Waals surface area contributed by atoms with Crippen molar-refractivity contribution < 1.29 is 14.7 Å². The average molecular weight is 436 g/mol. The SMILES string of the molecule is O=C(Nc1scc(-c2ccc(Br)cc2)c1C(=O)[O-])c1ccccc1Cl. The normalized spacial score (nSPS) is 10.5. The number of hydrogen-bond acceptors (Lipinski definition) is 4. The topological polar surface area (TPSA) is 69.2 Å². The minimum Gasteiger partial charge on any atom is -0.545 e. The first-order valence-electron chi connectivity index (χ1n) is 7.12. The van der Waals surface area contributed by atoms with Gasteiger partial charge in [-0.15, -0.1) is 11.3 Å². The summed E-state index contributed by atoms with van der Waals surface area (Å²) in [4.78, 5) is 24.0. The van der Waals surface area contributed by atoms with Gasteiger partial charge in [0.25, 0.3) is 5.91 Å². The number of anilines is 1.